The van der Waals surface area contributed by atoms with Crippen molar-refractivity contribution in [3.63, 3.8) is 0 Å². The van der Waals surface area contributed by atoms with Gasteiger partial charge in [0.2, 0.25) is 0 Å². The van der Waals surface area contributed by atoms with Crippen molar-refractivity contribution in [2.75, 3.05) is 13.1 Å². The summed E-state index contributed by atoms with van der Waals surface area (Å²) < 4.78 is 40.8. The highest BCUT2D eigenvalue weighted by Crippen LogP contribution is 2.26. The number of likely N-dealkylation sites (tertiary alicyclic amines) is 1. The van der Waals surface area contributed by atoms with Gasteiger partial charge in [0.15, 0.2) is 0 Å². The third-order valence-electron chi connectivity index (χ3n) is 3.31. The maximum absolute atomic E-state index is 12.3. The van der Waals surface area contributed by atoms with E-state index in [-0.39, 0.29) is 24.4 Å². The van der Waals surface area contributed by atoms with Crippen LogP contribution in [0.4, 0.5) is 18.0 Å². The molecule has 1 aromatic rings. The topological polar surface area (TPSA) is 61.8 Å². The van der Waals surface area contributed by atoms with E-state index in [1.54, 1.807) is 6.07 Å². The van der Waals surface area contributed by atoms with Gasteiger partial charge in [-0.3, -0.25) is 0 Å². The van der Waals surface area contributed by atoms with Crippen LogP contribution in [0.2, 0.25) is 0 Å². The van der Waals surface area contributed by atoms with Crippen LogP contribution in [0.5, 0.6) is 5.75 Å². The lowest BCUT2D eigenvalue weighted by Gasteiger charge is -2.30. The molecular formula is C14H17F3N2O3. The van der Waals surface area contributed by atoms with E-state index in [4.69, 9.17) is 0 Å². The van der Waals surface area contributed by atoms with Gasteiger partial charge in [-0.25, -0.2) is 4.79 Å². The molecule has 1 atom stereocenters. The largest absolute Gasteiger partial charge is 0.573 e. The molecule has 0 spiro atoms. The van der Waals surface area contributed by atoms with E-state index in [0.717, 1.165) is 0 Å². The van der Waals surface area contributed by atoms with Crippen LogP contribution in [0.3, 0.4) is 0 Å². The van der Waals surface area contributed by atoms with Gasteiger partial charge in [-0.2, -0.15) is 0 Å². The number of aliphatic hydroxyl groups is 1. The zero-order valence-corrected chi connectivity index (χ0v) is 11.8. The highest BCUT2D eigenvalue weighted by Gasteiger charge is 2.32. The number of ether oxygens (including phenoxy) is 1. The highest BCUT2D eigenvalue weighted by molar-refractivity contribution is 5.74. The number of β-amino-alcohol motifs (C(OH)–C–C–N with tert-alkyl or cyclic N) is 1. The minimum Gasteiger partial charge on any atom is -0.405 e. The molecule has 2 amide bonds. The summed E-state index contributed by atoms with van der Waals surface area (Å²) >= 11 is 0. The summed E-state index contributed by atoms with van der Waals surface area (Å²) in [5.41, 5.74) is 0.228. The third kappa shape index (κ3) is 4.80. The summed E-state index contributed by atoms with van der Waals surface area (Å²) in [6.07, 6.45) is -3.99. The second kappa shape index (κ2) is 6.87. The molecular weight excluding hydrogens is 301 g/mol. The lowest BCUT2D eigenvalue weighted by atomic mass is 10.1. The van der Waals surface area contributed by atoms with Crippen LogP contribution in [0.1, 0.15) is 18.4 Å². The summed E-state index contributed by atoms with van der Waals surface area (Å²) in [6, 6.07) is 5.22. The Kier molecular flexibility index (Phi) is 5.12. The summed E-state index contributed by atoms with van der Waals surface area (Å²) in [4.78, 5) is 13.4. The first-order valence-electron chi connectivity index (χ1n) is 6.89. The molecule has 1 aliphatic rings. The summed E-state index contributed by atoms with van der Waals surface area (Å²) in [6.45, 7) is 0.661. The normalized spacial score (nSPS) is 18.9. The number of nitrogens with zero attached hydrogens (tertiary/aromatic N) is 1. The number of urea groups is 1. The van der Waals surface area contributed by atoms with Crippen molar-refractivity contribution in [2.24, 2.45) is 0 Å². The molecule has 122 valence electrons. The minimum atomic E-state index is -4.78. The van der Waals surface area contributed by atoms with E-state index >= 15 is 0 Å². The second-order valence-electron chi connectivity index (χ2n) is 5.06. The van der Waals surface area contributed by atoms with E-state index in [0.29, 0.717) is 19.4 Å². The Morgan fingerprint density at radius 1 is 1.41 bits per heavy atom. The van der Waals surface area contributed by atoms with E-state index in [2.05, 4.69) is 10.1 Å². The standard InChI is InChI=1S/C14H17F3N2O3/c15-14(16,17)22-12-6-2-1-4-10(12)8-18-13(21)19-7-3-5-11(20)9-19/h1-2,4,6,11,20H,3,5,7-9H2,(H,18,21). The molecule has 5 nitrogen and oxygen atoms in total. The lowest BCUT2D eigenvalue weighted by molar-refractivity contribution is -0.274. The van der Waals surface area contributed by atoms with Gasteiger partial charge >= 0.3 is 12.4 Å². The fourth-order valence-corrected chi connectivity index (χ4v) is 2.30. The summed E-state index contributed by atoms with van der Waals surface area (Å²) in [5.74, 6) is -0.339. The van der Waals surface area contributed by atoms with Crippen molar-refractivity contribution >= 4 is 6.03 Å². The molecule has 0 saturated carbocycles. The molecule has 0 aliphatic carbocycles. The number of halogens is 3. The van der Waals surface area contributed by atoms with Crippen molar-refractivity contribution in [2.45, 2.75) is 31.9 Å². The summed E-state index contributed by atoms with van der Waals surface area (Å²) in [7, 11) is 0. The average molecular weight is 318 g/mol. The van der Waals surface area contributed by atoms with Crippen molar-refractivity contribution < 1.29 is 27.8 Å². The van der Waals surface area contributed by atoms with Gasteiger partial charge in [0.1, 0.15) is 5.75 Å². The van der Waals surface area contributed by atoms with Crippen LogP contribution in [-0.4, -0.2) is 41.6 Å². The van der Waals surface area contributed by atoms with Gasteiger partial charge in [0, 0.05) is 25.2 Å². The first-order chi connectivity index (χ1) is 10.3. The molecule has 1 aliphatic heterocycles. The molecule has 1 aromatic carbocycles. The Balaban J connectivity index is 1.95. The molecule has 0 radical (unpaired) electrons. The van der Waals surface area contributed by atoms with Crippen LogP contribution >= 0.6 is 0 Å². The molecule has 0 aromatic heterocycles. The maximum Gasteiger partial charge on any atom is 0.573 e. The Morgan fingerprint density at radius 2 is 2.14 bits per heavy atom. The minimum absolute atomic E-state index is 0.0856. The van der Waals surface area contributed by atoms with Crippen molar-refractivity contribution in [3.05, 3.63) is 29.8 Å². The number of amides is 2. The zero-order chi connectivity index (χ0) is 16.2. The van der Waals surface area contributed by atoms with Crippen molar-refractivity contribution in [1.82, 2.24) is 10.2 Å². The Bertz CT molecular complexity index is 522. The highest BCUT2D eigenvalue weighted by atomic mass is 19.4. The second-order valence-corrected chi connectivity index (χ2v) is 5.06. The monoisotopic (exact) mass is 318 g/mol. The SMILES string of the molecule is O=C(NCc1ccccc1OC(F)(F)F)N1CCCC(O)C1. The van der Waals surface area contributed by atoms with E-state index in [1.807, 2.05) is 0 Å². The number of alkyl halides is 3. The number of rotatable bonds is 3. The number of carbonyl (C=O) groups is 1. The first-order valence-corrected chi connectivity index (χ1v) is 6.89. The number of benzene rings is 1. The van der Waals surface area contributed by atoms with Gasteiger partial charge in [-0.05, 0) is 18.9 Å². The quantitative estimate of drug-likeness (QED) is 0.898. The number of para-hydroxylation sites is 1. The predicted molar refractivity (Wildman–Crippen MR) is 72.2 cm³/mol. The van der Waals surface area contributed by atoms with Crippen LogP contribution in [0.15, 0.2) is 24.3 Å². The first kappa shape index (κ1) is 16.4. The molecule has 0 bridgehead atoms. The van der Waals surface area contributed by atoms with Gasteiger partial charge < -0.3 is 20.1 Å². The average Bonchev–Trinajstić information content (AvgIpc) is 2.44. The fraction of sp³-hybridized carbons (Fsp3) is 0.500. The number of nitrogens with one attached hydrogen (secondary N) is 1. The Morgan fingerprint density at radius 3 is 2.82 bits per heavy atom. The van der Waals surface area contributed by atoms with Crippen LogP contribution in [0, 0.1) is 0 Å². The Labute approximate surface area is 125 Å². The molecule has 2 rings (SSSR count). The van der Waals surface area contributed by atoms with E-state index in [9.17, 15) is 23.1 Å². The van der Waals surface area contributed by atoms with Crippen LogP contribution < -0.4 is 10.1 Å². The van der Waals surface area contributed by atoms with Crippen molar-refractivity contribution in [1.29, 1.82) is 0 Å². The fourth-order valence-electron chi connectivity index (χ4n) is 2.30. The molecule has 1 saturated heterocycles. The maximum atomic E-state index is 12.3. The molecule has 1 unspecified atom stereocenters. The van der Waals surface area contributed by atoms with Crippen LogP contribution in [-0.2, 0) is 6.54 Å². The molecule has 1 fully saturated rings. The Hall–Kier alpha value is -1.96. The number of piperidine rings is 1. The number of aliphatic hydroxyl groups excluding tert-OH is 1. The van der Waals surface area contributed by atoms with Gasteiger partial charge in [-0.1, -0.05) is 18.2 Å². The molecule has 8 heteroatoms. The molecule has 2 N–H and O–H groups in total. The zero-order valence-electron chi connectivity index (χ0n) is 11.8. The van der Waals surface area contributed by atoms with E-state index < -0.39 is 18.5 Å². The number of hydrogen-bond acceptors (Lipinski definition) is 3. The number of hydrogen-bond donors (Lipinski definition) is 2. The smallest absolute Gasteiger partial charge is 0.405 e. The lowest BCUT2D eigenvalue weighted by Crippen LogP contribution is -2.46. The molecule has 1 heterocycles. The van der Waals surface area contributed by atoms with Gasteiger partial charge in [-0.15, -0.1) is 13.2 Å². The van der Waals surface area contributed by atoms with Crippen molar-refractivity contribution in [3.8, 4) is 5.75 Å². The number of carbonyl (C=O) groups excluding carboxylic acids is 1. The van der Waals surface area contributed by atoms with Gasteiger partial charge in [0.05, 0.1) is 6.10 Å². The third-order valence-corrected chi connectivity index (χ3v) is 3.31. The van der Waals surface area contributed by atoms with E-state index in [1.165, 1.54) is 23.1 Å². The van der Waals surface area contributed by atoms with Crippen LogP contribution in [0.25, 0.3) is 0 Å². The van der Waals surface area contributed by atoms with Gasteiger partial charge in [0.25, 0.3) is 0 Å². The predicted octanol–water partition coefficient (Wildman–Crippen LogP) is 2.25. The summed E-state index contributed by atoms with van der Waals surface area (Å²) in [5, 5.41) is 12.1. The molecule has 22 heavy (non-hydrogen) atoms.